The fourth-order valence-corrected chi connectivity index (χ4v) is 4.08. The van der Waals surface area contributed by atoms with Gasteiger partial charge in [-0.3, -0.25) is 0 Å². The standard InChI is InChI=1S/C25H21N3O/c1-16-8-4-5-9-20(16)22-14-19(25-17(2)27-29-18(25)3)15-23-21(22)11-13-28(23)24-10-6-7-12-26-24/h4-15H,1-3H3. The summed E-state index contributed by atoms with van der Waals surface area (Å²) in [6.07, 6.45) is 3.91. The predicted octanol–water partition coefficient (Wildman–Crippen LogP) is 6.27. The lowest BCUT2D eigenvalue weighted by molar-refractivity contribution is 0.393. The van der Waals surface area contributed by atoms with Gasteiger partial charge in [0.2, 0.25) is 0 Å². The van der Waals surface area contributed by atoms with Crippen LogP contribution in [0.2, 0.25) is 0 Å². The molecule has 0 aliphatic heterocycles. The number of hydrogen-bond acceptors (Lipinski definition) is 3. The van der Waals surface area contributed by atoms with Crippen molar-refractivity contribution < 1.29 is 4.52 Å². The van der Waals surface area contributed by atoms with Gasteiger partial charge in [0.25, 0.3) is 0 Å². The van der Waals surface area contributed by atoms with E-state index in [0.717, 1.165) is 33.9 Å². The van der Waals surface area contributed by atoms with E-state index in [2.05, 4.69) is 70.3 Å². The fourth-order valence-electron chi connectivity index (χ4n) is 4.08. The molecule has 0 radical (unpaired) electrons. The van der Waals surface area contributed by atoms with Gasteiger partial charge in [0, 0.05) is 23.3 Å². The van der Waals surface area contributed by atoms with Crippen molar-refractivity contribution in [3.63, 3.8) is 0 Å². The van der Waals surface area contributed by atoms with Crippen molar-refractivity contribution in [1.29, 1.82) is 0 Å². The van der Waals surface area contributed by atoms with Crippen molar-refractivity contribution in [2.75, 3.05) is 0 Å². The van der Waals surface area contributed by atoms with E-state index in [4.69, 9.17) is 4.52 Å². The van der Waals surface area contributed by atoms with Gasteiger partial charge in [-0.1, -0.05) is 35.5 Å². The molecule has 0 aliphatic rings. The molecule has 5 rings (SSSR count). The van der Waals surface area contributed by atoms with Crippen LogP contribution >= 0.6 is 0 Å². The summed E-state index contributed by atoms with van der Waals surface area (Å²) in [6, 6.07) is 21.1. The molecule has 0 fully saturated rings. The molecule has 0 unspecified atom stereocenters. The average Bonchev–Trinajstić information content (AvgIpc) is 3.31. The summed E-state index contributed by atoms with van der Waals surface area (Å²) in [5.41, 5.74) is 7.83. The van der Waals surface area contributed by atoms with Crippen LogP contribution in [0.15, 0.2) is 77.6 Å². The van der Waals surface area contributed by atoms with Crippen LogP contribution in [0.5, 0.6) is 0 Å². The molecular formula is C25H21N3O. The highest BCUT2D eigenvalue weighted by Crippen LogP contribution is 2.38. The highest BCUT2D eigenvalue weighted by atomic mass is 16.5. The first-order valence-corrected chi connectivity index (χ1v) is 9.69. The molecule has 0 saturated heterocycles. The second kappa shape index (κ2) is 6.74. The zero-order chi connectivity index (χ0) is 20.0. The van der Waals surface area contributed by atoms with Gasteiger partial charge in [0.05, 0.1) is 11.2 Å². The molecule has 0 spiro atoms. The van der Waals surface area contributed by atoms with Crippen LogP contribution in [-0.4, -0.2) is 14.7 Å². The monoisotopic (exact) mass is 379 g/mol. The first kappa shape index (κ1) is 17.4. The lowest BCUT2D eigenvalue weighted by Gasteiger charge is -2.12. The quantitative estimate of drug-likeness (QED) is 0.371. The van der Waals surface area contributed by atoms with Gasteiger partial charge in [-0.05, 0) is 73.4 Å². The predicted molar refractivity (Wildman–Crippen MR) is 116 cm³/mol. The molecule has 0 aliphatic carbocycles. The summed E-state index contributed by atoms with van der Waals surface area (Å²) in [7, 11) is 0. The minimum Gasteiger partial charge on any atom is -0.361 e. The van der Waals surface area contributed by atoms with E-state index in [1.165, 1.54) is 22.1 Å². The Labute approximate surface area is 169 Å². The smallest absolute Gasteiger partial charge is 0.141 e. The molecule has 29 heavy (non-hydrogen) atoms. The Morgan fingerprint density at radius 1 is 0.862 bits per heavy atom. The van der Waals surface area contributed by atoms with Crippen LogP contribution in [0.1, 0.15) is 17.0 Å². The van der Waals surface area contributed by atoms with E-state index in [0.29, 0.717) is 0 Å². The van der Waals surface area contributed by atoms with Crippen molar-refractivity contribution in [2.45, 2.75) is 20.8 Å². The number of aromatic nitrogens is 3. The van der Waals surface area contributed by atoms with Crippen LogP contribution in [0, 0.1) is 20.8 Å². The Morgan fingerprint density at radius 2 is 1.69 bits per heavy atom. The number of benzene rings is 2. The molecule has 0 atom stereocenters. The topological polar surface area (TPSA) is 43.9 Å². The minimum absolute atomic E-state index is 0.827. The molecule has 4 heteroatoms. The number of hydrogen-bond donors (Lipinski definition) is 0. The molecule has 0 bridgehead atoms. The van der Waals surface area contributed by atoms with E-state index in [9.17, 15) is 0 Å². The van der Waals surface area contributed by atoms with Crippen molar-refractivity contribution in [2.24, 2.45) is 0 Å². The Bertz CT molecular complexity index is 1310. The highest BCUT2D eigenvalue weighted by Gasteiger charge is 2.17. The molecule has 3 heterocycles. The van der Waals surface area contributed by atoms with E-state index >= 15 is 0 Å². The maximum absolute atomic E-state index is 5.46. The summed E-state index contributed by atoms with van der Waals surface area (Å²) < 4.78 is 7.60. The Morgan fingerprint density at radius 3 is 2.41 bits per heavy atom. The summed E-state index contributed by atoms with van der Waals surface area (Å²) >= 11 is 0. The molecule has 0 N–H and O–H groups in total. The zero-order valence-corrected chi connectivity index (χ0v) is 16.7. The number of pyridine rings is 1. The second-order valence-electron chi connectivity index (χ2n) is 7.34. The van der Waals surface area contributed by atoms with Gasteiger partial charge in [-0.15, -0.1) is 0 Å². The first-order chi connectivity index (χ1) is 14.1. The van der Waals surface area contributed by atoms with Crippen molar-refractivity contribution >= 4 is 10.9 Å². The van der Waals surface area contributed by atoms with Gasteiger partial charge in [-0.25, -0.2) is 4.98 Å². The zero-order valence-electron chi connectivity index (χ0n) is 16.7. The number of nitrogens with zero attached hydrogens (tertiary/aromatic N) is 3. The van der Waals surface area contributed by atoms with E-state index in [1.807, 2.05) is 38.2 Å². The van der Waals surface area contributed by atoms with Gasteiger partial charge in [0.1, 0.15) is 11.6 Å². The molecule has 0 saturated carbocycles. The van der Waals surface area contributed by atoms with Crippen LogP contribution in [0.4, 0.5) is 0 Å². The van der Waals surface area contributed by atoms with Gasteiger partial charge in [-0.2, -0.15) is 0 Å². The third-order valence-corrected chi connectivity index (χ3v) is 5.46. The van der Waals surface area contributed by atoms with E-state index < -0.39 is 0 Å². The molecular weight excluding hydrogens is 358 g/mol. The number of aryl methyl sites for hydroxylation is 3. The molecule has 142 valence electrons. The summed E-state index contributed by atoms with van der Waals surface area (Å²) in [5, 5.41) is 5.36. The third-order valence-electron chi connectivity index (χ3n) is 5.46. The third kappa shape index (κ3) is 2.85. The summed E-state index contributed by atoms with van der Waals surface area (Å²) in [4.78, 5) is 4.55. The lowest BCUT2D eigenvalue weighted by atomic mass is 9.93. The lowest BCUT2D eigenvalue weighted by Crippen LogP contribution is -1.96. The summed E-state index contributed by atoms with van der Waals surface area (Å²) in [5.74, 6) is 1.72. The number of rotatable bonds is 3. The van der Waals surface area contributed by atoms with Crippen LogP contribution in [-0.2, 0) is 0 Å². The van der Waals surface area contributed by atoms with Crippen LogP contribution < -0.4 is 0 Å². The normalized spacial score (nSPS) is 11.3. The highest BCUT2D eigenvalue weighted by molar-refractivity contribution is 6.00. The average molecular weight is 379 g/mol. The van der Waals surface area contributed by atoms with Gasteiger partial charge in [0.15, 0.2) is 0 Å². The van der Waals surface area contributed by atoms with Gasteiger partial charge >= 0.3 is 0 Å². The van der Waals surface area contributed by atoms with Crippen molar-refractivity contribution in [1.82, 2.24) is 14.7 Å². The largest absolute Gasteiger partial charge is 0.361 e. The molecule has 3 aromatic heterocycles. The number of fused-ring (bicyclic) bond motifs is 1. The SMILES string of the molecule is Cc1ccccc1-c1cc(-c2c(C)noc2C)cc2c1ccn2-c1ccccn1. The maximum Gasteiger partial charge on any atom is 0.141 e. The minimum atomic E-state index is 0.827. The molecule has 4 nitrogen and oxygen atoms in total. The van der Waals surface area contributed by atoms with Crippen LogP contribution in [0.25, 0.3) is 39.0 Å². The first-order valence-electron chi connectivity index (χ1n) is 9.69. The van der Waals surface area contributed by atoms with Crippen molar-refractivity contribution in [3.8, 4) is 28.1 Å². The van der Waals surface area contributed by atoms with E-state index in [1.54, 1.807) is 0 Å². The van der Waals surface area contributed by atoms with Gasteiger partial charge < -0.3 is 9.09 Å². The summed E-state index contributed by atoms with van der Waals surface area (Å²) in [6.45, 7) is 6.10. The van der Waals surface area contributed by atoms with Crippen molar-refractivity contribution in [3.05, 3.63) is 90.1 Å². The molecule has 0 amide bonds. The Hall–Kier alpha value is -3.66. The Balaban J connectivity index is 1.87. The molecule has 5 aromatic rings. The maximum atomic E-state index is 5.46. The van der Waals surface area contributed by atoms with E-state index in [-0.39, 0.29) is 0 Å². The fraction of sp³-hybridized carbons (Fsp3) is 0.120. The second-order valence-corrected chi connectivity index (χ2v) is 7.34. The van der Waals surface area contributed by atoms with Crippen LogP contribution in [0.3, 0.4) is 0 Å². The molecule has 2 aromatic carbocycles. The Kier molecular flexibility index (Phi) is 4.06.